The second-order valence-corrected chi connectivity index (χ2v) is 7.65. The van der Waals surface area contributed by atoms with Crippen LogP contribution in [0.3, 0.4) is 0 Å². The number of carbonyl (C=O) groups is 1. The first-order valence-corrected chi connectivity index (χ1v) is 8.61. The molecule has 0 spiro atoms. The lowest BCUT2D eigenvalue weighted by Crippen LogP contribution is -2.44. The van der Waals surface area contributed by atoms with Crippen molar-refractivity contribution in [2.45, 2.75) is 39.2 Å². The third kappa shape index (κ3) is 5.20. The van der Waals surface area contributed by atoms with Crippen molar-refractivity contribution in [3.63, 3.8) is 0 Å². The molecule has 1 N–H and O–H groups in total. The molecule has 1 fully saturated rings. The zero-order valence-corrected chi connectivity index (χ0v) is 15.1. The van der Waals surface area contributed by atoms with Gasteiger partial charge in [-0.1, -0.05) is 12.1 Å². The standard InChI is InChI=1S/C17H25BrN2O2/c1-17(2,3)22-16(21)20-10-6-7-13(12-20)11-19-15-9-5-4-8-14(15)18/h4-5,8-9,13,19H,6-7,10-12H2,1-3H3/t13-/m1/s1. The summed E-state index contributed by atoms with van der Waals surface area (Å²) in [5.74, 6) is 0.452. The Bertz CT molecular complexity index is 514. The zero-order valence-electron chi connectivity index (χ0n) is 13.6. The van der Waals surface area contributed by atoms with Crippen molar-refractivity contribution >= 4 is 27.7 Å². The summed E-state index contributed by atoms with van der Waals surface area (Å²) >= 11 is 3.54. The maximum absolute atomic E-state index is 12.2. The van der Waals surface area contributed by atoms with Gasteiger partial charge in [-0.2, -0.15) is 0 Å². The number of anilines is 1. The number of hydrogen-bond acceptors (Lipinski definition) is 3. The number of likely N-dealkylation sites (tertiary alicyclic amines) is 1. The molecule has 22 heavy (non-hydrogen) atoms. The summed E-state index contributed by atoms with van der Waals surface area (Å²) in [6, 6.07) is 8.09. The normalized spacial score (nSPS) is 18.9. The lowest BCUT2D eigenvalue weighted by atomic mass is 9.98. The summed E-state index contributed by atoms with van der Waals surface area (Å²) in [6.45, 7) is 8.12. The van der Waals surface area contributed by atoms with E-state index in [4.69, 9.17) is 4.74 Å². The van der Waals surface area contributed by atoms with Gasteiger partial charge in [0.2, 0.25) is 0 Å². The molecule has 0 unspecified atom stereocenters. The molecule has 1 amide bonds. The van der Waals surface area contributed by atoms with Gasteiger partial charge in [0.05, 0.1) is 0 Å². The van der Waals surface area contributed by atoms with Crippen LogP contribution in [0.4, 0.5) is 10.5 Å². The minimum atomic E-state index is -0.433. The molecule has 0 aliphatic carbocycles. The highest BCUT2D eigenvalue weighted by Gasteiger charge is 2.27. The van der Waals surface area contributed by atoms with Crippen LogP contribution in [0.25, 0.3) is 0 Å². The lowest BCUT2D eigenvalue weighted by molar-refractivity contribution is 0.0172. The first kappa shape index (κ1) is 17.1. The summed E-state index contributed by atoms with van der Waals surface area (Å²) < 4.78 is 6.53. The lowest BCUT2D eigenvalue weighted by Gasteiger charge is -2.34. The Labute approximate surface area is 141 Å². The molecule has 1 aromatic rings. The number of rotatable bonds is 3. The molecule has 0 aromatic heterocycles. The highest BCUT2D eigenvalue weighted by Crippen LogP contribution is 2.24. The van der Waals surface area contributed by atoms with Crippen LogP contribution >= 0.6 is 15.9 Å². The van der Waals surface area contributed by atoms with E-state index in [1.54, 1.807) is 0 Å². The van der Waals surface area contributed by atoms with Gasteiger partial charge in [0, 0.05) is 29.8 Å². The van der Waals surface area contributed by atoms with Crippen molar-refractivity contribution in [1.82, 2.24) is 4.90 Å². The third-order valence-corrected chi connectivity index (χ3v) is 4.32. The molecule has 0 radical (unpaired) electrons. The predicted molar refractivity (Wildman–Crippen MR) is 93.2 cm³/mol. The Hall–Kier alpha value is -1.23. The van der Waals surface area contributed by atoms with Crippen LogP contribution < -0.4 is 5.32 Å². The molecule has 2 rings (SSSR count). The number of carbonyl (C=O) groups excluding carboxylic acids is 1. The molecule has 4 nitrogen and oxygen atoms in total. The van der Waals surface area contributed by atoms with Gasteiger partial charge in [0.1, 0.15) is 5.60 Å². The fourth-order valence-corrected chi connectivity index (χ4v) is 3.01. The molecule has 1 atom stereocenters. The van der Waals surface area contributed by atoms with E-state index in [9.17, 15) is 4.79 Å². The molecule has 1 aliphatic heterocycles. The van der Waals surface area contributed by atoms with E-state index in [1.165, 1.54) is 0 Å². The SMILES string of the molecule is CC(C)(C)OC(=O)N1CCC[C@H](CNc2ccccc2Br)C1. The highest BCUT2D eigenvalue weighted by atomic mass is 79.9. The fraction of sp³-hybridized carbons (Fsp3) is 0.588. The maximum Gasteiger partial charge on any atom is 0.410 e. The van der Waals surface area contributed by atoms with E-state index in [2.05, 4.69) is 27.3 Å². The first-order chi connectivity index (χ1) is 10.3. The van der Waals surface area contributed by atoms with Gasteiger partial charge in [-0.25, -0.2) is 4.79 Å². The van der Waals surface area contributed by atoms with Crippen LogP contribution in [0.5, 0.6) is 0 Å². The third-order valence-electron chi connectivity index (χ3n) is 3.63. The van der Waals surface area contributed by atoms with Crippen LogP contribution in [0.15, 0.2) is 28.7 Å². The number of hydrogen-bond donors (Lipinski definition) is 1. The number of nitrogens with zero attached hydrogens (tertiary/aromatic N) is 1. The first-order valence-electron chi connectivity index (χ1n) is 7.81. The number of halogens is 1. The molecular weight excluding hydrogens is 344 g/mol. The molecule has 1 saturated heterocycles. The highest BCUT2D eigenvalue weighted by molar-refractivity contribution is 9.10. The molecular formula is C17H25BrN2O2. The van der Waals surface area contributed by atoms with Gasteiger partial charge < -0.3 is 15.0 Å². The Morgan fingerprint density at radius 2 is 2.14 bits per heavy atom. The summed E-state index contributed by atoms with van der Waals surface area (Å²) in [6.07, 6.45) is 1.97. The van der Waals surface area contributed by atoms with Gasteiger partial charge in [0.25, 0.3) is 0 Å². The summed E-state index contributed by atoms with van der Waals surface area (Å²) in [4.78, 5) is 14.0. The second-order valence-electron chi connectivity index (χ2n) is 6.80. The van der Waals surface area contributed by atoms with Gasteiger partial charge in [-0.3, -0.25) is 0 Å². The van der Waals surface area contributed by atoms with Gasteiger partial charge in [-0.15, -0.1) is 0 Å². The van der Waals surface area contributed by atoms with Crippen molar-refractivity contribution in [2.24, 2.45) is 5.92 Å². The maximum atomic E-state index is 12.2. The van der Waals surface area contributed by atoms with E-state index >= 15 is 0 Å². The summed E-state index contributed by atoms with van der Waals surface area (Å²) in [5, 5.41) is 3.46. The van der Waals surface area contributed by atoms with E-state index in [0.29, 0.717) is 5.92 Å². The Kier molecular flexibility index (Phi) is 5.73. The van der Waals surface area contributed by atoms with E-state index in [1.807, 2.05) is 43.9 Å². The molecule has 122 valence electrons. The summed E-state index contributed by atoms with van der Waals surface area (Å²) in [5.41, 5.74) is 0.661. The van der Waals surface area contributed by atoms with Crippen LogP contribution in [-0.2, 0) is 4.74 Å². The fourth-order valence-electron chi connectivity index (χ4n) is 2.58. The van der Waals surface area contributed by atoms with E-state index in [-0.39, 0.29) is 6.09 Å². The average Bonchev–Trinajstić information content (AvgIpc) is 2.45. The van der Waals surface area contributed by atoms with Crippen molar-refractivity contribution in [3.05, 3.63) is 28.7 Å². The second kappa shape index (κ2) is 7.36. The monoisotopic (exact) mass is 368 g/mol. The predicted octanol–water partition coefficient (Wildman–Crippen LogP) is 4.51. The number of nitrogens with one attached hydrogen (secondary N) is 1. The molecule has 5 heteroatoms. The van der Waals surface area contributed by atoms with Gasteiger partial charge in [-0.05, 0) is 67.6 Å². The number of ether oxygens (including phenoxy) is 1. The van der Waals surface area contributed by atoms with Gasteiger partial charge >= 0.3 is 6.09 Å². The molecule has 1 aliphatic rings. The molecule has 1 heterocycles. The minimum Gasteiger partial charge on any atom is -0.444 e. The van der Waals surface area contributed by atoms with Crippen molar-refractivity contribution in [1.29, 1.82) is 0 Å². The summed E-state index contributed by atoms with van der Waals surface area (Å²) in [7, 11) is 0. The molecule has 1 aromatic carbocycles. The number of para-hydroxylation sites is 1. The quantitative estimate of drug-likeness (QED) is 0.853. The number of benzene rings is 1. The Morgan fingerprint density at radius 1 is 1.41 bits per heavy atom. The van der Waals surface area contributed by atoms with Crippen molar-refractivity contribution in [3.8, 4) is 0 Å². The zero-order chi connectivity index (χ0) is 16.2. The van der Waals surface area contributed by atoms with Crippen molar-refractivity contribution < 1.29 is 9.53 Å². The minimum absolute atomic E-state index is 0.196. The number of piperidine rings is 1. The largest absolute Gasteiger partial charge is 0.444 e. The van der Waals surface area contributed by atoms with Crippen LogP contribution in [-0.4, -0.2) is 36.2 Å². The molecule has 0 bridgehead atoms. The average molecular weight is 369 g/mol. The van der Waals surface area contributed by atoms with E-state index < -0.39 is 5.60 Å². The van der Waals surface area contributed by atoms with Crippen LogP contribution in [0.1, 0.15) is 33.6 Å². The van der Waals surface area contributed by atoms with Crippen LogP contribution in [0.2, 0.25) is 0 Å². The number of amides is 1. The smallest absolute Gasteiger partial charge is 0.410 e. The van der Waals surface area contributed by atoms with Gasteiger partial charge in [0.15, 0.2) is 0 Å². The van der Waals surface area contributed by atoms with Crippen LogP contribution in [0, 0.1) is 5.92 Å². The molecule has 0 saturated carbocycles. The van der Waals surface area contributed by atoms with Crippen molar-refractivity contribution in [2.75, 3.05) is 25.0 Å². The Balaban J connectivity index is 1.86. The Morgan fingerprint density at radius 3 is 2.82 bits per heavy atom. The topological polar surface area (TPSA) is 41.6 Å². The van der Waals surface area contributed by atoms with E-state index in [0.717, 1.165) is 42.6 Å².